The molecule has 1 N–H and O–H groups in total. The van der Waals surface area contributed by atoms with E-state index in [1.165, 1.54) is 44.5 Å². The van der Waals surface area contributed by atoms with Gasteiger partial charge in [-0.05, 0) is 50.1 Å². The first-order chi connectivity index (χ1) is 16.2. The van der Waals surface area contributed by atoms with Crippen LogP contribution in [0.25, 0.3) is 27.8 Å². The van der Waals surface area contributed by atoms with Crippen LogP contribution < -0.4 is 5.32 Å². The molecule has 0 aliphatic heterocycles. The van der Waals surface area contributed by atoms with Crippen molar-refractivity contribution in [2.45, 2.75) is 13.3 Å². The third kappa shape index (κ3) is 4.65. The molecule has 0 spiro atoms. The summed E-state index contributed by atoms with van der Waals surface area (Å²) in [6.45, 7) is 4.51. The van der Waals surface area contributed by atoms with Crippen molar-refractivity contribution < 1.29 is 9.53 Å². The monoisotopic (exact) mass is 459 g/mol. The number of rotatable bonds is 2. The molecular weight excluding hydrogens is 429 g/mol. The first-order valence-electron chi connectivity index (χ1n) is 11.1. The Hall–Kier alpha value is -4.05. The van der Waals surface area contributed by atoms with Crippen LogP contribution in [0.1, 0.15) is 35.6 Å². The molecule has 3 nitrogen and oxygen atoms in total. The number of amides is 1. The standard InChI is InChI=1S/C16H15NO2.C14H10.CH4.BH/c1-17-16(18)19-10-15-13-8-4-2-6-11(13)12-7-3-5-9-14(12)15;1-10-11-6-2-4-8-13(11)14-9-5-3-7-12(10)14;;/h2-9,15H,10H2,1H3,(H,17,18);2-9H,1H2;1H4;1H. The maximum absolute atomic E-state index is 11.3. The summed E-state index contributed by atoms with van der Waals surface area (Å²) in [5.74, 6) is 0.129. The van der Waals surface area contributed by atoms with Crippen molar-refractivity contribution in [3.8, 4) is 22.3 Å². The van der Waals surface area contributed by atoms with Crippen LogP contribution >= 0.6 is 0 Å². The van der Waals surface area contributed by atoms with Gasteiger partial charge in [-0.2, -0.15) is 0 Å². The van der Waals surface area contributed by atoms with Crippen LogP contribution in [0.4, 0.5) is 4.79 Å². The van der Waals surface area contributed by atoms with Gasteiger partial charge in [-0.25, -0.2) is 4.79 Å². The summed E-state index contributed by atoms with van der Waals surface area (Å²) >= 11 is 0. The number of carbonyl (C=O) groups excluding carboxylic acids is 1. The first kappa shape index (κ1) is 25.6. The smallest absolute Gasteiger partial charge is 0.406 e. The second kappa shape index (κ2) is 10.9. The molecule has 1 amide bonds. The Morgan fingerprint density at radius 1 is 0.714 bits per heavy atom. The zero-order valence-electron chi connectivity index (χ0n) is 19.3. The summed E-state index contributed by atoms with van der Waals surface area (Å²) < 4.78 is 5.24. The van der Waals surface area contributed by atoms with E-state index >= 15 is 0 Å². The number of fused-ring (bicyclic) bond motifs is 6. The van der Waals surface area contributed by atoms with Gasteiger partial charge < -0.3 is 10.1 Å². The highest BCUT2D eigenvalue weighted by atomic mass is 16.5. The lowest BCUT2D eigenvalue weighted by atomic mass is 9.98. The molecule has 0 fully saturated rings. The Balaban J connectivity index is 0.000000192. The molecule has 6 rings (SSSR count). The number of hydrogen-bond acceptors (Lipinski definition) is 2. The van der Waals surface area contributed by atoms with E-state index in [0.29, 0.717) is 6.61 Å². The van der Waals surface area contributed by atoms with E-state index in [-0.39, 0.29) is 27.9 Å². The fourth-order valence-electron chi connectivity index (χ4n) is 4.78. The highest BCUT2D eigenvalue weighted by Crippen LogP contribution is 2.44. The predicted molar refractivity (Wildman–Crippen MR) is 148 cm³/mol. The Bertz CT molecular complexity index is 1270. The van der Waals surface area contributed by atoms with Gasteiger partial charge >= 0.3 is 6.09 Å². The second-order valence-corrected chi connectivity index (χ2v) is 8.15. The number of alkyl carbamates (subject to hydrolysis) is 1. The van der Waals surface area contributed by atoms with Crippen LogP contribution in [0.5, 0.6) is 0 Å². The zero-order valence-corrected chi connectivity index (χ0v) is 19.3. The van der Waals surface area contributed by atoms with Crippen LogP contribution in [0.15, 0.2) is 104 Å². The van der Waals surface area contributed by atoms with Gasteiger partial charge in [-0.3, -0.25) is 0 Å². The minimum atomic E-state index is -0.387. The van der Waals surface area contributed by atoms with Gasteiger partial charge in [0.25, 0.3) is 0 Å². The largest absolute Gasteiger partial charge is 0.449 e. The molecular formula is C31H30BNO2. The van der Waals surface area contributed by atoms with Gasteiger partial charge in [0.2, 0.25) is 0 Å². The molecule has 35 heavy (non-hydrogen) atoms. The van der Waals surface area contributed by atoms with Crippen molar-refractivity contribution in [3.05, 3.63) is 126 Å². The maximum Gasteiger partial charge on any atom is 0.406 e. The van der Waals surface area contributed by atoms with Crippen LogP contribution in [0, 0.1) is 0 Å². The number of ether oxygens (including phenoxy) is 1. The average molecular weight is 459 g/mol. The van der Waals surface area contributed by atoms with Crippen molar-refractivity contribution in [2.24, 2.45) is 0 Å². The molecule has 4 heteroatoms. The lowest BCUT2D eigenvalue weighted by Gasteiger charge is -2.13. The molecule has 2 aliphatic rings. The fraction of sp³-hybridized carbons (Fsp3) is 0.129. The Kier molecular flexibility index (Phi) is 7.98. The molecule has 0 unspecified atom stereocenters. The topological polar surface area (TPSA) is 38.3 Å². The van der Waals surface area contributed by atoms with Gasteiger partial charge in [0.05, 0.1) is 0 Å². The number of benzene rings is 4. The molecule has 0 atom stereocenters. The third-order valence-corrected chi connectivity index (χ3v) is 6.34. The van der Waals surface area contributed by atoms with Gasteiger partial charge in [-0.1, -0.05) is 111 Å². The minimum absolute atomic E-state index is 0. The quantitative estimate of drug-likeness (QED) is 0.293. The summed E-state index contributed by atoms with van der Waals surface area (Å²) in [5, 5.41) is 2.48. The van der Waals surface area contributed by atoms with Crippen molar-refractivity contribution in [1.82, 2.24) is 5.32 Å². The Morgan fingerprint density at radius 3 is 1.51 bits per heavy atom. The minimum Gasteiger partial charge on any atom is -0.449 e. The molecule has 0 bridgehead atoms. The van der Waals surface area contributed by atoms with E-state index in [2.05, 4.69) is 84.7 Å². The molecule has 0 saturated heterocycles. The molecule has 0 aromatic heterocycles. The molecule has 2 radical (unpaired) electrons. The van der Waals surface area contributed by atoms with E-state index in [0.717, 1.165) is 5.57 Å². The predicted octanol–water partition coefficient (Wildman–Crippen LogP) is 6.87. The lowest BCUT2D eigenvalue weighted by Crippen LogP contribution is -2.21. The molecule has 174 valence electrons. The Morgan fingerprint density at radius 2 is 1.09 bits per heavy atom. The van der Waals surface area contributed by atoms with Gasteiger partial charge in [0.15, 0.2) is 0 Å². The first-order valence-corrected chi connectivity index (χ1v) is 11.1. The van der Waals surface area contributed by atoms with Gasteiger partial charge in [0, 0.05) is 21.4 Å². The zero-order chi connectivity index (χ0) is 22.8. The number of hydrogen-bond donors (Lipinski definition) is 1. The summed E-state index contributed by atoms with van der Waals surface area (Å²) in [7, 11) is 1.57. The van der Waals surface area contributed by atoms with Crippen molar-refractivity contribution in [3.63, 3.8) is 0 Å². The highest BCUT2D eigenvalue weighted by molar-refractivity contribution is 6.00. The average Bonchev–Trinajstić information content (AvgIpc) is 3.36. The molecule has 2 aliphatic carbocycles. The molecule has 0 heterocycles. The number of carbonyl (C=O) groups is 1. The summed E-state index contributed by atoms with van der Waals surface area (Å²) in [5.41, 5.74) is 11.3. The molecule has 0 saturated carbocycles. The van der Waals surface area contributed by atoms with Crippen molar-refractivity contribution in [1.29, 1.82) is 0 Å². The Labute approximate surface area is 210 Å². The fourth-order valence-corrected chi connectivity index (χ4v) is 4.78. The van der Waals surface area contributed by atoms with Crippen LogP contribution in [-0.4, -0.2) is 28.2 Å². The second-order valence-electron chi connectivity index (χ2n) is 8.15. The lowest BCUT2D eigenvalue weighted by molar-refractivity contribution is 0.145. The maximum atomic E-state index is 11.3. The van der Waals surface area contributed by atoms with E-state index in [1.807, 2.05) is 24.3 Å². The number of nitrogens with one attached hydrogen (secondary N) is 1. The van der Waals surface area contributed by atoms with Crippen LogP contribution in [0.3, 0.4) is 0 Å². The van der Waals surface area contributed by atoms with Gasteiger partial charge in [-0.15, -0.1) is 0 Å². The van der Waals surface area contributed by atoms with Crippen molar-refractivity contribution >= 4 is 20.1 Å². The van der Waals surface area contributed by atoms with Gasteiger partial charge in [0.1, 0.15) is 6.61 Å². The normalized spacial score (nSPS) is 11.9. The van der Waals surface area contributed by atoms with Crippen LogP contribution in [-0.2, 0) is 4.74 Å². The van der Waals surface area contributed by atoms with E-state index in [1.54, 1.807) is 7.05 Å². The van der Waals surface area contributed by atoms with Crippen molar-refractivity contribution in [2.75, 3.05) is 13.7 Å². The third-order valence-electron chi connectivity index (χ3n) is 6.34. The summed E-state index contributed by atoms with van der Waals surface area (Å²) in [6.07, 6.45) is -0.387. The van der Waals surface area contributed by atoms with E-state index in [9.17, 15) is 4.79 Å². The highest BCUT2D eigenvalue weighted by Gasteiger charge is 2.28. The summed E-state index contributed by atoms with van der Waals surface area (Å²) in [4.78, 5) is 11.3. The van der Waals surface area contributed by atoms with E-state index in [4.69, 9.17) is 4.74 Å². The summed E-state index contributed by atoms with van der Waals surface area (Å²) in [6, 6.07) is 33.5. The van der Waals surface area contributed by atoms with E-state index < -0.39 is 0 Å². The molecule has 4 aromatic rings. The molecule has 4 aromatic carbocycles. The van der Waals surface area contributed by atoms with Crippen LogP contribution in [0.2, 0.25) is 0 Å². The SMILES string of the molecule is C.C=C1c2ccccc2-c2ccccc21.CNC(=O)OCC1c2ccccc2-c2ccccc21.[BH].